The van der Waals surface area contributed by atoms with Gasteiger partial charge in [-0.1, -0.05) is 47.5 Å². The van der Waals surface area contributed by atoms with Crippen molar-refractivity contribution in [2.45, 2.75) is 93.8 Å². The molecular formula is C25H43NO3. The summed E-state index contributed by atoms with van der Waals surface area (Å²) < 4.78 is 11.3. The van der Waals surface area contributed by atoms with Gasteiger partial charge >= 0.3 is 0 Å². The quantitative estimate of drug-likeness (QED) is 0.609. The van der Waals surface area contributed by atoms with E-state index in [2.05, 4.69) is 44.5 Å². The van der Waals surface area contributed by atoms with E-state index in [1.807, 2.05) is 46.8 Å². The van der Waals surface area contributed by atoms with Crippen molar-refractivity contribution in [1.82, 2.24) is 4.98 Å². The number of methoxy groups -OCH3 is 1. The number of hydrogen-bond acceptors (Lipinski definition) is 4. The molecule has 1 heterocycles. The highest BCUT2D eigenvalue weighted by Gasteiger charge is 2.31. The lowest BCUT2D eigenvalue weighted by Gasteiger charge is -2.34. The van der Waals surface area contributed by atoms with E-state index in [0.29, 0.717) is 6.10 Å². The second kappa shape index (κ2) is 12.9. The van der Waals surface area contributed by atoms with Crippen molar-refractivity contribution in [3.05, 3.63) is 23.5 Å². The van der Waals surface area contributed by atoms with Gasteiger partial charge in [-0.15, -0.1) is 0 Å². The Balaban J connectivity index is 0.00000184. The highest BCUT2D eigenvalue weighted by Crippen LogP contribution is 2.33. The summed E-state index contributed by atoms with van der Waals surface area (Å²) in [5.41, 5.74) is 1.30. The Bertz CT molecular complexity index is 650. The number of aliphatic hydroxyl groups excluding tert-OH is 1. The van der Waals surface area contributed by atoms with Crippen LogP contribution in [0.4, 0.5) is 0 Å². The van der Waals surface area contributed by atoms with Gasteiger partial charge in [-0.25, -0.2) is 4.98 Å². The molecule has 2 rings (SSSR count). The molecule has 1 aromatic rings. The minimum atomic E-state index is -0.182. The predicted molar refractivity (Wildman–Crippen MR) is 122 cm³/mol. The van der Waals surface area contributed by atoms with E-state index in [4.69, 9.17) is 9.47 Å². The monoisotopic (exact) mass is 405 g/mol. The maximum Gasteiger partial charge on any atom is 0.141 e. The molecule has 0 aromatic carbocycles. The van der Waals surface area contributed by atoms with E-state index in [0.717, 1.165) is 36.4 Å². The number of ether oxygens (including phenoxy) is 2. The second-order valence-corrected chi connectivity index (χ2v) is 8.48. The number of aromatic nitrogens is 1. The third-order valence-electron chi connectivity index (χ3n) is 4.59. The minimum absolute atomic E-state index is 0.137. The van der Waals surface area contributed by atoms with Crippen LogP contribution in [0, 0.1) is 29.6 Å². The zero-order valence-electron chi connectivity index (χ0n) is 20.3. The molecule has 0 unspecified atom stereocenters. The molecule has 4 nitrogen and oxygen atoms in total. The van der Waals surface area contributed by atoms with Gasteiger partial charge in [0.15, 0.2) is 0 Å². The van der Waals surface area contributed by atoms with E-state index in [-0.39, 0.29) is 23.5 Å². The van der Waals surface area contributed by atoms with Crippen LogP contribution in [-0.2, 0) is 4.74 Å². The van der Waals surface area contributed by atoms with Gasteiger partial charge in [0.05, 0.1) is 11.8 Å². The highest BCUT2D eigenvalue weighted by atomic mass is 16.5. The first-order valence-electron chi connectivity index (χ1n) is 11.0. The average molecular weight is 406 g/mol. The maximum atomic E-state index is 9.46. The summed E-state index contributed by atoms with van der Waals surface area (Å²) in [4.78, 5) is 4.56. The summed E-state index contributed by atoms with van der Waals surface area (Å²) in [6, 6.07) is 3.87. The van der Waals surface area contributed by atoms with Crippen LogP contribution in [0.1, 0.15) is 86.0 Å². The molecule has 0 spiro atoms. The van der Waals surface area contributed by atoms with Gasteiger partial charge in [0, 0.05) is 32.0 Å². The normalized spacial score (nSPS) is 18.0. The molecular weight excluding hydrogens is 362 g/mol. The van der Waals surface area contributed by atoms with Crippen LogP contribution in [0.2, 0.25) is 0 Å². The largest absolute Gasteiger partial charge is 0.488 e. The third-order valence-corrected chi connectivity index (χ3v) is 4.59. The van der Waals surface area contributed by atoms with E-state index in [1.54, 1.807) is 7.11 Å². The van der Waals surface area contributed by atoms with Crippen molar-refractivity contribution in [1.29, 1.82) is 0 Å². The standard InChI is InChI=1S/C21H31NO3.2C2H6/c1-15-19(25-18-11-17(12-18)24-6)8-7-16(22-15)9-10-20(2,3)13-21(4,5)14-23;2*1-2/h7-8,17-18,23H,11-14H2,1-6H3;2*1-2H3. The molecule has 0 bridgehead atoms. The van der Waals surface area contributed by atoms with Gasteiger partial charge in [-0.05, 0) is 50.7 Å². The molecule has 0 saturated heterocycles. The zero-order valence-corrected chi connectivity index (χ0v) is 20.3. The topological polar surface area (TPSA) is 51.6 Å². The summed E-state index contributed by atoms with van der Waals surface area (Å²) in [5, 5.41) is 9.46. The smallest absolute Gasteiger partial charge is 0.141 e. The van der Waals surface area contributed by atoms with Crippen LogP contribution in [-0.4, -0.2) is 36.0 Å². The van der Waals surface area contributed by atoms with Crippen LogP contribution in [0.5, 0.6) is 5.75 Å². The maximum absolute atomic E-state index is 9.46. The Hall–Kier alpha value is -1.57. The molecule has 29 heavy (non-hydrogen) atoms. The lowest BCUT2D eigenvalue weighted by molar-refractivity contribution is -0.0384. The van der Waals surface area contributed by atoms with Gasteiger partial charge in [-0.3, -0.25) is 0 Å². The number of hydrogen-bond donors (Lipinski definition) is 1. The molecule has 0 atom stereocenters. The molecule has 1 saturated carbocycles. The van der Waals surface area contributed by atoms with Crippen LogP contribution in [0.3, 0.4) is 0 Å². The third kappa shape index (κ3) is 9.65. The first-order valence-corrected chi connectivity index (χ1v) is 11.0. The fourth-order valence-electron chi connectivity index (χ4n) is 3.26. The van der Waals surface area contributed by atoms with E-state index in [1.165, 1.54) is 0 Å². The van der Waals surface area contributed by atoms with Gasteiger partial charge in [0.1, 0.15) is 17.5 Å². The summed E-state index contributed by atoms with van der Waals surface area (Å²) in [6.07, 6.45) is 3.25. The fraction of sp³-hybridized carbons (Fsp3) is 0.720. The first-order chi connectivity index (χ1) is 13.6. The zero-order chi connectivity index (χ0) is 22.7. The molecule has 1 aromatic heterocycles. The number of aryl methyl sites for hydroxylation is 1. The Morgan fingerprint density at radius 2 is 1.66 bits per heavy atom. The van der Waals surface area contributed by atoms with Gasteiger partial charge in [0.25, 0.3) is 0 Å². The van der Waals surface area contributed by atoms with Crippen LogP contribution in [0.25, 0.3) is 0 Å². The number of rotatable bonds is 6. The summed E-state index contributed by atoms with van der Waals surface area (Å²) in [6.45, 7) is 18.4. The molecule has 1 N–H and O–H groups in total. The number of pyridine rings is 1. The molecule has 4 heteroatoms. The van der Waals surface area contributed by atoms with Crippen LogP contribution in [0.15, 0.2) is 12.1 Å². The SMILES string of the molecule is CC.CC.COC1CC(Oc2ccc(C#CC(C)(C)CC(C)(C)CO)nc2C)C1. The second-order valence-electron chi connectivity index (χ2n) is 8.48. The van der Waals surface area contributed by atoms with Crippen molar-refractivity contribution < 1.29 is 14.6 Å². The number of aliphatic hydroxyl groups is 1. The van der Waals surface area contributed by atoms with Crippen molar-refractivity contribution in [3.8, 4) is 17.6 Å². The molecule has 1 aliphatic carbocycles. The van der Waals surface area contributed by atoms with Gasteiger partial charge in [0.2, 0.25) is 0 Å². The van der Waals surface area contributed by atoms with E-state index < -0.39 is 0 Å². The molecule has 0 aliphatic heterocycles. The van der Waals surface area contributed by atoms with Gasteiger partial charge < -0.3 is 14.6 Å². The van der Waals surface area contributed by atoms with Crippen LogP contribution >= 0.6 is 0 Å². The fourth-order valence-corrected chi connectivity index (χ4v) is 3.26. The predicted octanol–water partition coefficient (Wildman–Crippen LogP) is 5.78. The molecule has 1 fully saturated rings. The Kier molecular flexibility index (Phi) is 12.2. The molecule has 0 amide bonds. The van der Waals surface area contributed by atoms with Crippen molar-refractivity contribution >= 4 is 0 Å². The average Bonchev–Trinajstić information content (AvgIpc) is 2.66. The van der Waals surface area contributed by atoms with Crippen LogP contribution < -0.4 is 4.74 Å². The van der Waals surface area contributed by atoms with Gasteiger partial charge in [-0.2, -0.15) is 0 Å². The Labute approximate surface area is 179 Å². The van der Waals surface area contributed by atoms with Crippen molar-refractivity contribution in [2.75, 3.05) is 13.7 Å². The van der Waals surface area contributed by atoms with E-state index in [9.17, 15) is 5.11 Å². The molecule has 166 valence electrons. The summed E-state index contributed by atoms with van der Waals surface area (Å²) in [5.74, 6) is 7.31. The Morgan fingerprint density at radius 3 is 2.14 bits per heavy atom. The lowest BCUT2D eigenvalue weighted by Crippen LogP contribution is -2.39. The Morgan fingerprint density at radius 1 is 1.07 bits per heavy atom. The molecule has 0 radical (unpaired) electrons. The first kappa shape index (κ1) is 27.4. The van der Waals surface area contributed by atoms with Crippen molar-refractivity contribution in [3.63, 3.8) is 0 Å². The summed E-state index contributed by atoms with van der Waals surface area (Å²) >= 11 is 0. The lowest BCUT2D eigenvalue weighted by atomic mass is 9.76. The number of nitrogens with zero attached hydrogens (tertiary/aromatic N) is 1. The van der Waals surface area contributed by atoms with Crippen molar-refractivity contribution in [2.24, 2.45) is 10.8 Å². The van der Waals surface area contributed by atoms with E-state index >= 15 is 0 Å². The minimum Gasteiger partial charge on any atom is -0.488 e. The summed E-state index contributed by atoms with van der Waals surface area (Å²) in [7, 11) is 1.74. The molecule has 1 aliphatic rings. The highest BCUT2D eigenvalue weighted by molar-refractivity contribution is 5.36.